The third-order valence-corrected chi connectivity index (χ3v) is 11.5. The molecule has 0 aliphatic carbocycles. The second kappa shape index (κ2) is 45.7. The number of allylic oxidation sites excluding steroid dienone is 6. The van der Waals surface area contributed by atoms with Gasteiger partial charge in [0, 0.05) is 19.4 Å². The van der Waals surface area contributed by atoms with Crippen LogP contribution >= 0.6 is 7.82 Å². The maximum Gasteiger partial charge on any atom is 0.472 e. The van der Waals surface area contributed by atoms with Crippen LogP contribution in [-0.4, -0.2) is 49.3 Å². The van der Waals surface area contributed by atoms with Crippen molar-refractivity contribution in [2.24, 2.45) is 5.73 Å². The summed E-state index contributed by atoms with van der Waals surface area (Å²) in [6, 6.07) is 0. The normalized spacial score (nSPS) is 13.5. The molecular formula is C49H92NO8P. The topological polar surface area (TPSA) is 134 Å². The molecule has 0 fully saturated rings. The van der Waals surface area contributed by atoms with Crippen LogP contribution in [0.3, 0.4) is 0 Å². The SMILES string of the molecule is CCCCCCC/C=C\C/C=C\C/C=C\CCCCCCCCCCCCCCCCCCC(=O)OC(COC(=O)CCCCCCCCC)COP(=O)(O)OCCN. The van der Waals surface area contributed by atoms with Crippen molar-refractivity contribution >= 4 is 19.8 Å². The molecule has 0 aliphatic rings. The predicted octanol–water partition coefficient (Wildman–Crippen LogP) is 14.5. The minimum absolute atomic E-state index is 0.0547. The zero-order valence-corrected chi connectivity index (χ0v) is 39.1. The molecule has 0 spiro atoms. The first-order valence-corrected chi connectivity index (χ1v) is 26.0. The number of phosphoric ester groups is 1. The first-order chi connectivity index (χ1) is 28.8. The van der Waals surface area contributed by atoms with Gasteiger partial charge in [0.25, 0.3) is 0 Å². The third kappa shape index (κ3) is 45.6. The Hall–Kier alpha value is -1.77. The molecule has 0 aliphatic heterocycles. The second-order valence-electron chi connectivity index (χ2n) is 16.3. The third-order valence-electron chi connectivity index (χ3n) is 10.5. The number of unbranched alkanes of at least 4 members (excludes halogenated alkanes) is 27. The molecule has 0 bridgehead atoms. The lowest BCUT2D eigenvalue weighted by molar-refractivity contribution is -0.161. The van der Waals surface area contributed by atoms with Gasteiger partial charge in [0.05, 0.1) is 13.2 Å². The van der Waals surface area contributed by atoms with Crippen molar-refractivity contribution in [2.45, 2.75) is 238 Å². The van der Waals surface area contributed by atoms with E-state index < -0.39 is 26.5 Å². The van der Waals surface area contributed by atoms with E-state index in [0.29, 0.717) is 6.42 Å². The van der Waals surface area contributed by atoms with E-state index >= 15 is 0 Å². The minimum Gasteiger partial charge on any atom is -0.462 e. The largest absolute Gasteiger partial charge is 0.472 e. The Morgan fingerprint density at radius 3 is 1.31 bits per heavy atom. The smallest absolute Gasteiger partial charge is 0.462 e. The molecule has 2 unspecified atom stereocenters. The highest BCUT2D eigenvalue weighted by Crippen LogP contribution is 2.43. The van der Waals surface area contributed by atoms with Crippen LogP contribution in [0.2, 0.25) is 0 Å². The number of carbonyl (C=O) groups excluding carboxylic acids is 2. The molecular weight excluding hydrogens is 762 g/mol. The summed E-state index contributed by atoms with van der Waals surface area (Å²) in [6.45, 7) is 3.69. The summed E-state index contributed by atoms with van der Waals surface area (Å²) in [4.78, 5) is 34.7. The second-order valence-corrected chi connectivity index (χ2v) is 17.8. The molecule has 10 heteroatoms. The molecule has 0 aromatic heterocycles. The molecule has 0 amide bonds. The number of hydrogen-bond acceptors (Lipinski definition) is 8. The average molecular weight is 854 g/mol. The van der Waals surface area contributed by atoms with Crippen molar-refractivity contribution in [3.8, 4) is 0 Å². The molecule has 346 valence electrons. The van der Waals surface area contributed by atoms with Crippen molar-refractivity contribution in [3.63, 3.8) is 0 Å². The van der Waals surface area contributed by atoms with Gasteiger partial charge in [0.15, 0.2) is 6.10 Å². The van der Waals surface area contributed by atoms with E-state index in [9.17, 15) is 19.0 Å². The molecule has 0 heterocycles. The van der Waals surface area contributed by atoms with Crippen LogP contribution in [0.4, 0.5) is 0 Å². The van der Waals surface area contributed by atoms with E-state index in [1.807, 2.05) is 0 Å². The molecule has 2 atom stereocenters. The van der Waals surface area contributed by atoms with E-state index in [-0.39, 0.29) is 38.6 Å². The Bertz CT molecular complexity index is 1060. The molecule has 9 nitrogen and oxygen atoms in total. The van der Waals surface area contributed by atoms with Crippen LogP contribution < -0.4 is 5.73 Å². The fraction of sp³-hybridized carbons (Fsp3) is 0.837. The van der Waals surface area contributed by atoms with Crippen molar-refractivity contribution < 1.29 is 37.6 Å². The quantitative estimate of drug-likeness (QED) is 0.0265. The van der Waals surface area contributed by atoms with Gasteiger partial charge in [-0.2, -0.15) is 0 Å². The summed E-state index contributed by atoms with van der Waals surface area (Å²) in [5.41, 5.74) is 5.34. The van der Waals surface area contributed by atoms with E-state index in [0.717, 1.165) is 44.9 Å². The zero-order chi connectivity index (χ0) is 43.2. The van der Waals surface area contributed by atoms with Crippen molar-refractivity contribution in [2.75, 3.05) is 26.4 Å². The molecule has 0 aromatic carbocycles. The van der Waals surface area contributed by atoms with Gasteiger partial charge in [-0.25, -0.2) is 4.57 Å². The van der Waals surface area contributed by atoms with Gasteiger partial charge >= 0.3 is 19.8 Å². The highest BCUT2D eigenvalue weighted by molar-refractivity contribution is 7.47. The summed E-state index contributed by atoms with van der Waals surface area (Å²) >= 11 is 0. The first kappa shape index (κ1) is 57.2. The molecule has 0 saturated carbocycles. The Kier molecular flexibility index (Phi) is 44.4. The van der Waals surface area contributed by atoms with Gasteiger partial charge in [-0.15, -0.1) is 0 Å². The molecule has 0 saturated heterocycles. The van der Waals surface area contributed by atoms with Crippen LogP contribution in [0.25, 0.3) is 0 Å². The lowest BCUT2D eigenvalue weighted by Crippen LogP contribution is -2.29. The van der Waals surface area contributed by atoms with Gasteiger partial charge in [-0.3, -0.25) is 18.6 Å². The van der Waals surface area contributed by atoms with Crippen LogP contribution in [-0.2, 0) is 32.7 Å². The summed E-state index contributed by atoms with van der Waals surface area (Å²) in [5, 5.41) is 0. The van der Waals surface area contributed by atoms with E-state index in [1.165, 1.54) is 154 Å². The summed E-state index contributed by atoms with van der Waals surface area (Å²) < 4.78 is 32.7. The molecule has 0 aromatic rings. The van der Waals surface area contributed by atoms with Crippen molar-refractivity contribution in [1.82, 2.24) is 0 Å². The van der Waals surface area contributed by atoms with Gasteiger partial charge in [-0.05, 0) is 51.4 Å². The van der Waals surface area contributed by atoms with Gasteiger partial charge in [0.1, 0.15) is 6.61 Å². The number of esters is 2. The number of phosphoric acid groups is 1. The average Bonchev–Trinajstić information content (AvgIpc) is 3.22. The van der Waals surface area contributed by atoms with Gasteiger partial charge in [-0.1, -0.05) is 204 Å². The van der Waals surface area contributed by atoms with E-state index in [4.69, 9.17) is 24.3 Å². The Morgan fingerprint density at radius 1 is 0.508 bits per heavy atom. The van der Waals surface area contributed by atoms with E-state index in [1.54, 1.807) is 0 Å². The Labute approximate surface area is 363 Å². The Balaban J connectivity index is 3.82. The summed E-state index contributed by atoms with van der Waals surface area (Å²) in [5.74, 6) is -0.829. The molecule has 0 radical (unpaired) electrons. The van der Waals surface area contributed by atoms with Crippen LogP contribution in [0, 0.1) is 0 Å². The maximum absolute atomic E-state index is 12.6. The highest BCUT2D eigenvalue weighted by Gasteiger charge is 2.26. The lowest BCUT2D eigenvalue weighted by atomic mass is 10.0. The van der Waals surface area contributed by atoms with Gasteiger partial charge in [0.2, 0.25) is 0 Å². The van der Waals surface area contributed by atoms with Crippen LogP contribution in [0.1, 0.15) is 232 Å². The standard InChI is InChI=1S/C49H92NO8P/c1-3-5-7-9-11-12-13-14-15-16-17-18-19-20-21-22-23-24-25-26-27-28-29-30-31-32-33-34-36-38-40-42-49(52)58-47(46-57-59(53,54)56-44-43-50)45-55-48(51)41-39-37-35-10-8-6-4-2/h13-14,16-17,19-20,47H,3-12,15,18,21-46,50H2,1-2H3,(H,53,54)/b14-13-,17-16-,20-19-. The summed E-state index contributed by atoms with van der Waals surface area (Å²) in [7, 11) is -4.37. The molecule has 0 rings (SSSR count). The van der Waals surface area contributed by atoms with Crippen molar-refractivity contribution in [1.29, 1.82) is 0 Å². The monoisotopic (exact) mass is 854 g/mol. The number of ether oxygens (including phenoxy) is 2. The van der Waals surface area contributed by atoms with Crippen LogP contribution in [0.15, 0.2) is 36.5 Å². The number of carbonyl (C=O) groups is 2. The number of hydrogen-bond donors (Lipinski definition) is 2. The first-order valence-electron chi connectivity index (χ1n) is 24.5. The fourth-order valence-electron chi connectivity index (χ4n) is 6.88. The minimum atomic E-state index is -4.37. The lowest BCUT2D eigenvalue weighted by Gasteiger charge is -2.19. The van der Waals surface area contributed by atoms with Crippen molar-refractivity contribution in [3.05, 3.63) is 36.5 Å². The Morgan fingerprint density at radius 2 is 0.881 bits per heavy atom. The van der Waals surface area contributed by atoms with Crippen LogP contribution in [0.5, 0.6) is 0 Å². The fourth-order valence-corrected chi connectivity index (χ4v) is 7.64. The zero-order valence-electron chi connectivity index (χ0n) is 38.2. The summed E-state index contributed by atoms with van der Waals surface area (Å²) in [6.07, 6.45) is 52.3. The predicted molar refractivity (Wildman–Crippen MR) is 247 cm³/mol. The maximum atomic E-state index is 12.6. The number of rotatable bonds is 46. The van der Waals surface area contributed by atoms with Gasteiger partial charge < -0.3 is 20.1 Å². The molecule has 59 heavy (non-hydrogen) atoms. The van der Waals surface area contributed by atoms with E-state index in [2.05, 4.69) is 50.3 Å². The number of nitrogens with two attached hydrogens (primary N) is 1. The highest BCUT2D eigenvalue weighted by atomic mass is 31.2. The molecule has 3 N–H and O–H groups in total.